The van der Waals surface area contributed by atoms with E-state index in [1.807, 2.05) is 6.07 Å². The fourth-order valence-electron chi connectivity index (χ4n) is 2.46. The van der Waals surface area contributed by atoms with E-state index in [1.54, 1.807) is 0 Å². The van der Waals surface area contributed by atoms with Gasteiger partial charge in [-0.05, 0) is 31.2 Å². The summed E-state index contributed by atoms with van der Waals surface area (Å²) in [4.78, 5) is 25.4. The molecule has 5 nitrogen and oxygen atoms in total. The second-order valence-corrected chi connectivity index (χ2v) is 4.49. The molecule has 94 valence electrons. The smallest absolute Gasteiger partial charge is 0.342 e. The Balaban J connectivity index is 2.68. The summed E-state index contributed by atoms with van der Waals surface area (Å²) in [6.07, 6.45) is 5.43. The number of nitriles is 1. The summed E-state index contributed by atoms with van der Waals surface area (Å²) in [5, 5.41) is 18.2. The quantitative estimate of drug-likeness (QED) is 0.787. The Morgan fingerprint density at radius 3 is 2.50 bits per heavy atom. The molecular weight excluding hydrogens is 232 g/mol. The number of hydrogen-bond donors (Lipinski definition) is 2. The Hall–Kier alpha value is -2.09. The lowest BCUT2D eigenvalue weighted by molar-refractivity contribution is 0.0694. The monoisotopic (exact) mass is 246 g/mol. The van der Waals surface area contributed by atoms with Gasteiger partial charge in [-0.25, -0.2) is 4.79 Å². The van der Waals surface area contributed by atoms with E-state index in [0.717, 1.165) is 31.4 Å². The third-order valence-corrected chi connectivity index (χ3v) is 3.34. The predicted octanol–water partition coefficient (Wildman–Crippen LogP) is 1.60. The van der Waals surface area contributed by atoms with Gasteiger partial charge in [0.15, 0.2) is 0 Å². The van der Waals surface area contributed by atoms with Crippen molar-refractivity contribution >= 4 is 5.97 Å². The minimum atomic E-state index is -1.34. The van der Waals surface area contributed by atoms with E-state index in [0.29, 0.717) is 18.4 Å². The van der Waals surface area contributed by atoms with Gasteiger partial charge in [0.05, 0.1) is 5.56 Å². The first-order valence-corrected chi connectivity index (χ1v) is 6.06. The molecule has 0 aliphatic heterocycles. The summed E-state index contributed by atoms with van der Waals surface area (Å²) in [6, 6.07) is 1.89. The van der Waals surface area contributed by atoms with Crippen molar-refractivity contribution < 1.29 is 9.90 Å². The van der Waals surface area contributed by atoms with Crippen LogP contribution in [0.4, 0.5) is 0 Å². The number of rotatable bonds is 1. The van der Waals surface area contributed by atoms with Crippen molar-refractivity contribution in [3.63, 3.8) is 0 Å². The molecule has 2 N–H and O–H groups in total. The summed E-state index contributed by atoms with van der Waals surface area (Å²) >= 11 is 0. The average Bonchev–Trinajstić information content (AvgIpc) is 2.29. The molecule has 1 aliphatic rings. The number of nitrogens with zero attached hydrogens (tertiary/aromatic N) is 1. The van der Waals surface area contributed by atoms with Crippen LogP contribution >= 0.6 is 0 Å². The van der Waals surface area contributed by atoms with E-state index in [1.165, 1.54) is 0 Å². The number of aromatic carboxylic acids is 1. The number of H-pyrrole nitrogens is 1. The van der Waals surface area contributed by atoms with Gasteiger partial charge in [-0.2, -0.15) is 5.26 Å². The molecule has 0 aromatic carbocycles. The van der Waals surface area contributed by atoms with Gasteiger partial charge in [0.25, 0.3) is 5.56 Å². The van der Waals surface area contributed by atoms with Crippen LogP contribution in [0.2, 0.25) is 0 Å². The van der Waals surface area contributed by atoms with Gasteiger partial charge >= 0.3 is 5.97 Å². The third-order valence-electron chi connectivity index (χ3n) is 3.34. The maximum atomic E-state index is 11.7. The van der Waals surface area contributed by atoms with Crippen molar-refractivity contribution in [2.75, 3.05) is 0 Å². The number of carbonyl (C=O) groups is 1. The number of nitrogens with one attached hydrogen (secondary N) is 1. The van der Waals surface area contributed by atoms with Crippen LogP contribution in [0, 0.1) is 11.3 Å². The van der Waals surface area contributed by atoms with Crippen molar-refractivity contribution in [3.05, 3.63) is 32.7 Å². The molecule has 0 fully saturated rings. The number of aryl methyl sites for hydroxylation is 1. The van der Waals surface area contributed by atoms with E-state index < -0.39 is 17.1 Å². The molecule has 0 unspecified atom stereocenters. The van der Waals surface area contributed by atoms with Crippen LogP contribution in [0.5, 0.6) is 0 Å². The number of fused-ring (bicyclic) bond motifs is 1. The Bertz CT molecular complexity index is 581. The minimum Gasteiger partial charge on any atom is -0.477 e. The molecule has 18 heavy (non-hydrogen) atoms. The highest BCUT2D eigenvalue weighted by molar-refractivity contribution is 5.90. The van der Waals surface area contributed by atoms with Gasteiger partial charge in [-0.3, -0.25) is 4.79 Å². The summed E-state index contributed by atoms with van der Waals surface area (Å²) in [6.45, 7) is 0. The van der Waals surface area contributed by atoms with Gasteiger partial charge in [0, 0.05) is 5.69 Å². The average molecular weight is 246 g/mol. The van der Waals surface area contributed by atoms with E-state index in [2.05, 4.69) is 4.98 Å². The van der Waals surface area contributed by atoms with Crippen molar-refractivity contribution in [1.82, 2.24) is 4.98 Å². The lowest BCUT2D eigenvalue weighted by atomic mass is 9.92. The number of hydrogen-bond acceptors (Lipinski definition) is 3. The highest BCUT2D eigenvalue weighted by Crippen LogP contribution is 2.22. The fourth-order valence-corrected chi connectivity index (χ4v) is 2.46. The predicted molar refractivity (Wildman–Crippen MR) is 64.6 cm³/mol. The maximum Gasteiger partial charge on any atom is 0.342 e. The van der Waals surface area contributed by atoms with Gasteiger partial charge in [-0.15, -0.1) is 0 Å². The van der Waals surface area contributed by atoms with Crippen LogP contribution in [-0.4, -0.2) is 16.1 Å². The fraction of sp³-hybridized carbons (Fsp3) is 0.462. The summed E-state index contributed by atoms with van der Waals surface area (Å²) < 4.78 is 0. The SMILES string of the molecule is N#Cc1c2c([nH]c(=O)c1C(=O)O)CCCCCC2. The van der Waals surface area contributed by atoms with Crippen LogP contribution in [0.15, 0.2) is 4.79 Å². The van der Waals surface area contributed by atoms with Gasteiger partial charge < -0.3 is 10.1 Å². The van der Waals surface area contributed by atoms with Crippen molar-refractivity contribution in [2.24, 2.45) is 0 Å². The molecule has 1 aromatic heterocycles. The van der Waals surface area contributed by atoms with Crippen molar-refractivity contribution in [3.8, 4) is 6.07 Å². The molecule has 0 spiro atoms. The number of aromatic nitrogens is 1. The zero-order valence-corrected chi connectivity index (χ0v) is 9.95. The number of carboxylic acids is 1. The molecule has 0 bridgehead atoms. The molecule has 0 amide bonds. The van der Waals surface area contributed by atoms with E-state index in [9.17, 15) is 9.59 Å². The van der Waals surface area contributed by atoms with Crippen LogP contribution in [-0.2, 0) is 12.8 Å². The van der Waals surface area contributed by atoms with E-state index >= 15 is 0 Å². The van der Waals surface area contributed by atoms with Crippen LogP contribution < -0.4 is 5.56 Å². The van der Waals surface area contributed by atoms with Crippen molar-refractivity contribution in [2.45, 2.75) is 38.5 Å². The molecule has 1 aromatic rings. The van der Waals surface area contributed by atoms with E-state index in [-0.39, 0.29) is 5.56 Å². The molecule has 5 heteroatoms. The third kappa shape index (κ3) is 2.14. The first-order chi connectivity index (χ1) is 8.65. The Kier molecular flexibility index (Phi) is 3.47. The molecule has 1 heterocycles. The lowest BCUT2D eigenvalue weighted by Crippen LogP contribution is -2.24. The summed E-state index contributed by atoms with van der Waals surface area (Å²) in [7, 11) is 0. The molecule has 0 saturated heterocycles. The second-order valence-electron chi connectivity index (χ2n) is 4.49. The number of pyridine rings is 1. The highest BCUT2D eigenvalue weighted by atomic mass is 16.4. The maximum absolute atomic E-state index is 11.7. The summed E-state index contributed by atoms with van der Waals surface area (Å²) in [5.74, 6) is -1.34. The zero-order valence-electron chi connectivity index (χ0n) is 9.95. The van der Waals surface area contributed by atoms with Crippen LogP contribution in [0.1, 0.15) is 52.9 Å². The molecule has 0 saturated carbocycles. The molecule has 0 radical (unpaired) electrons. The second kappa shape index (κ2) is 5.05. The number of carboxylic acid groups (broad SMARTS) is 1. The summed E-state index contributed by atoms with van der Waals surface area (Å²) in [5.41, 5.74) is 0.411. The van der Waals surface area contributed by atoms with Gasteiger partial charge in [0.2, 0.25) is 0 Å². The van der Waals surface area contributed by atoms with Crippen molar-refractivity contribution in [1.29, 1.82) is 5.26 Å². The Morgan fingerprint density at radius 1 is 1.22 bits per heavy atom. The van der Waals surface area contributed by atoms with Gasteiger partial charge in [0.1, 0.15) is 11.6 Å². The standard InChI is InChI=1S/C13H14N2O3/c14-7-9-8-5-3-1-2-4-6-10(8)15-12(16)11(9)13(17)18/h1-6H2,(H,15,16)(H,17,18). The zero-order chi connectivity index (χ0) is 13.1. The molecule has 2 rings (SSSR count). The first kappa shape index (κ1) is 12.4. The largest absolute Gasteiger partial charge is 0.477 e. The lowest BCUT2D eigenvalue weighted by Gasteiger charge is -2.15. The minimum absolute atomic E-state index is 0.0446. The Morgan fingerprint density at radius 2 is 1.89 bits per heavy atom. The Labute approximate surface area is 104 Å². The van der Waals surface area contributed by atoms with Crippen LogP contribution in [0.25, 0.3) is 0 Å². The van der Waals surface area contributed by atoms with Crippen LogP contribution in [0.3, 0.4) is 0 Å². The van der Waals surface area contributed by atoms with E-state index in [4.69, 9.17) is 10.4 Å². The highest BCUT2D eigenvalue weighted by Gasteiger charge is 2.22. The molecular formula is C13H14N2O3. The van der Waals surface area contributed by atoms with Gasteiger partial charge in [-0.1, -0.05) is 12.8 Å². The molecule has 1 aliphatic carbocycles. The molecule has 0 atom stereocenters. The topological polar surface area (TPSA) is 94.0 Å². The number of aromatic amines is 1. The first-order valence-electron chi connectivity index (χ1n) is 6.06. The normalized spacial score (nSPS) is 15.1.